The fraction of sp³-hybridized carbons (Fsp3) is 0.355. The van der Waals surface area contributed by atoms with E-state index in [9.17, 15) is 4.79 Å². The maximum Gasteiger partial charge on any atom is 0.262 e. The standard InChI is InChI=1S/C31H34N10OS/c1-19-27(37-18-43-19)25-14-21-16-36-31(39-23-4-2-22(3-5-23)38-24-7-10-32-11-8-24)40-29(21)41(30(25)42)17-26-28(35-13-12-34-26)20-6-9-33-15-20/h2-5,12-14,16,18,20,24,32-33,38H,6-11,15,17H2,1H3,(H,36,39,40). The van der Waals surface area contributed by atoms with Crippen molar-refractivity contribution in [3.63, 3.8) is 0 Å². The van der Waals surface area contributed by atoms with E-state index in [1.807, 2.05) is 25.1 Å². The summed E-state index contributed by atoms with van der Waals surface area (Å²) in [4.78, 5) is 38.4. The fourth-order valence-electron chi connectivity index (χ4n) is 5.96. The van der Waals surface area contributed by atoms with Gasteiger partial charge in [0.1, 0.15) is 5.65 Å². The number of aromatic nitrogens is 6. The van der Waals surface area contributed by atoms with E-state index in [1.165, 1.54) is 11.3 Å². The Labute approximate surface area is 253 Å². The molecule has 7 rings (SSSR count). The number of nitrogens with zero attached hydrogens (tertiary/aromatic N) is 6. The Bertz CT molecular complexity index is 1790. The summed E-state index contributed by atoms with van der Waals surface area (Å²) in [7, 11) is 0. The van der Waals surface area contributed by atoms with Crippen molar-refractivity contribution in [3.05, 3.63) is 81.1 Å². The Morgan fingerprint density at radius 1 is 0.977 bits per heavy atom. The number of anilines is 3. The van der Waals surface area contributed by atoms with Crippen molar-refractivity contribution in [2.24, 2.45) is 0 Å². The highest BCUT2D eigenvalue weighted by Gasteiger charge is 2.24. The minimum atomic E-state index is -0.166. The van der Waals surface area contributed by atoms with E-state index in [4.69, 9.17) is 4.98 Å². The molecule has 0 aliphatic carbocycles. The van der Waals surface area contributed by atoms with Gasteiger partial charge in [-0.05, 0) is 76.2 Å². The molecule has 2 aliphatic rings. The normalized spacial score (nSPS) is 17.4. The van der Waals surface area contributed by atoms with Crippen LogP contribution in [-0.2, 0) is 6.54 Å². The second-order valence-electron chi connectivity index (χ2n) is 11.1. The van der Waals surface area contributed by atoms with Crippen LogP contribution in [0.15, 0.2) is 59.2 Å². The highest BCUT2D eigenvalue weighted by molar-refractivity contribution is 7.10. The second kappa shape index (κ2) is 12.2. The van der Waals surface area contributed by atoms with Crippen LogP contribution in [0.5, 0.6) is 0 Å². The predicted molar refractivity (Wildman–Crippen MR) is 170 cm³/mol. The molecular formula is C31H34N10OS. The summed E-state index contributed by atoms with van der Waals surface area (Å²) in [5.74, 6) is 0.672. The molecule has 6 heterocycles. The molecule has 5 aromatic rings. The molecule has 1 aromatic carbocycles. The van der Waals surface area contributed by atoms with Crippen LogP contribution < -0.4 is 26.8 Å². The molecule has 0 saturated carbocycles. The van der Waals surface area contributed by atoms with Gasteiger partial charge in [0.15, 0.2) is 0 Å². The van der Waals surface area contributed by atoms with Crippen LogP contribution in [0.4, 0.5) is 17.3 Å². The molecule has 1 atom stereocenters. The average Bonchev–Trinajstić information content (AvgIpc) is 3.73. The third-order valence-electron chi connectivity index (χ3n) is 8.24. The van der Waals surface area contributed by atoms with Gasteiger partial charge in [-0.3, -0.25) is 19.3 Å². The summed E-state index contributed by atoms with van der Waals surface area (Å²) in [6.07, 6.45) is 8.39. The summed E-state index contributed by atoms with van der Waals surface area (Å²) < 4.78 is 1.69. The number of nitrogens with one attached hydrogen (secondary N) is 4. The monoisotopic (exact) mass is 594 g/mol. The second-order valence-corrected chi connectivity index (χ2v) is 12.2. The largest absolute Gasteiger partial charge is 0.382 e. The molecule has 0 amide bonds. The van der Waals surface area contributed by atoms with E-state index in [1.54, 1.807) is 28.7 Å². The molecule has 0 spiro atoms. The Morgan fingerprint density at radius 2 is 1.77 bits per heavy atom. The topological polar surface area (TPSA) is 135 Å². The number of benzene rings is 1. The van der Waals surface area contributed by atoms with Crippen molar-refractivity contribution in [1.29, 1.82) is 0 Å². The van der Waals surface area contributed by atoms with Crippen molar-refractivity contribution >= 4 is 39.7 Å². The average molecular weight is 595 g/mol. The predicted octanol–water partition coefficient (Wildman–Crippen LogP) is 4.05. The van der Waals surface area contributed by atoms with Crippen molar-refractivity contribution in [2.75, 3.05) is 36.8 Å². The molecule has 2 aliphatic heterocycles. The van der Waals surface area contributed by atoms with Gasteiger partial charge in [0.25, 0.3) is 5.56 Å². The number of thiazole rings is 1. The Balaban J connectivity index is 1.24. The molecule has 4 N–H and O–H groups in total. The Hall–Kier alpha value is -4.26. The molecule has 2 fully saturated rings. The summed E-state index contributed by atoms with van der Waals surface area (Å²) in [6, 6.07) is 10.5. The summed E-state index contributed by atoms with van der Waals surface area (Å²) in [6.45, 7) is 6.11. The lowest BCUT2D eigenvalue weighted by atomic mass is 10.0. The molecule has 0 radical (unpaired) electrons. The lowest BCUT2D eigenvalue weighted by Gasteiger charge is -2.24. The number of rotatable bonds is 8. The summed E-state index contributed by atoms with van der Waals surface area (Å²) in [5.41, 5.74) is 7.00. The lowest BCUT2D eigenvalue weighted by Crippen LogP contribution is -2.35. The van der Waals surface area contributed by atoms with E-state index < -0.39 is 0 Å². The minimum Gasteiger partial charge on any atom is -0.382 e. The number of pyridine rings is 1. The van der Waals surface area contributed by atoms with Gasteiger partial charge in [-0.2, -0.15) is 4.98 Å². The van der Waals surface area contributed by atoms with Crippen LogP contribution in [0.1, 0.15) is 41.4 Å². The van der Waals surface area contributed by atoms with Gasteiger partial charge in [-0.1, -0.05) is 0 Å². The third-order valence-corrected chi connectivity index (χ3v) is 9.00. The molecule has 4 aromatic heterocycles. The number of piperidine rings is 1. The zero-order chi connectivity index (χ0) is 29.2. The highest BCUT2D eigenvalue weighted by Crippen LogP contribution is 2.27. The van der Waals surface area contributed by atoms with Gasteiger partial charge in [-0.15, -0.1) is 11.3 Å². The zero-order valence-corrected chi connectivity index (χ0v) is 24.8. The van der Waals surface area contributed by atoms with Gasteiger partial charge in [0, 0.05) is 58.7 Å². The van der Waals surface area contributed by atoms with Crippen molar-refractivity contribution < 1.29 is 0 Å². The molecule has 0 bridgehead atoms. The number of hydrogen-bond acceptors (Lipinski definition) is 11. The van der Waals surface area contributed by atoms with Gasteiger partial charge in [0.05, 0.1) is 34.7 Å². The van der Waals surface area contributed by atoms with Crippen LogP contribution in [0.25, 0.3) is 22.3 Å². The van der Waals surface area contributed by atoms with Crippen molar-refractivity contribution in [3.8, 4) is 11.3 Å². The molecule has 43 heavy (non-hydrogen) atoms. The molecular weight excluding hydrogens is 560 g/mol. The highest BCUT2D eigenvalue weighted by atomic mass is 32.1. The van der Waals surface area contributed by atoms with Crippen LogP contribution >= 0.6 is 11.3 Å². The van der Waals surface area contributed by atoms with E-state index in [0.29, 0.717) is 28.9 Å². The van der Waals surface area contributed by atoms with Crippen LogP contribution in [0, 0.1) is 6.92 Å². The first-order chi connectivity index (χ1) is 21.1. The molecule has 2 saturated heterocycles. The van der Waals surface area contributed by atoms with Gasteiger partial charge in [0.2, 0.25) is 5.95 Å². The smallest absolute Gasteiger partial charge is 0.262 e. The lowest BCUT2D eigenvalue weighted by molar-refractivity contribution is 0.479. The summed E-state index contributed by atoms with van der Waals surface area (Å²) in [5, 5.41) is 14.5. The van der Waals surface area contributed by atoms with Gasteiger partial charge in [-0.25, -0.2) is 9.97 Å². The number of aryl methyl sites for hydroxylation is 1. The zero-order valence-electron chi connectivity index (χ0n) is 24.0. The molecule has 1 unspecified atom stereocenters. The maximum atomic E-state index is 14.1. The van der Waals surface area contributed by atoms with E-state index in [0.717, 1.165) is 78.5 Å². The van der Waals surface area contributed by atoms with E-state index in [-0.39, 0.29) is 18.0 Å². The molecule has 11 nitrogen and oxygen atoms in total. The van der Waals surface area contributed by atoms with Crippen molar-refractivity contribution in [2.45, 2.75) is 44.7 Å². The van der Waals surface area contributed by atoms with E-state index >= 15 is 0 Å². The molecule has 12 heteroatoms. The van der Waals surface area contributed by atoms with Gasteiger partial charge >= 0.3 is 0 Å². The maximum absolute atomic E-state index is 14.1. The number of fused-ring (bicyclic) bond motifs is 1. The SMILES string of the molecule is Cc1scnc1-c1cc2cnc(Nc3ccc(NC4CCNCC4)cc3)nc2n(Cc2nccnc2C2CCNC2)c1=O. The minimum absolute atomic E-state index is 0.166. The summed E-state index contributed by atoms with van der Waals surface area (Å²) >= 11 is 1.52. The number of hydrogen-bond donors (Lipinski definition) is 4. The molecule has 220 valence electrons. The first-order valence-electron chi connectivity index (χ1n) is 14.8. The van der Waals surface area contributed by atoms with Crippen LogP contribution in [0.2, 0.25) is 0 Å². The first-order valence-corrected chi connectivity index (χ1v) is 15.7. The Kier molecular flexibility index (Phi) is 7.79. The van der Waals surface area contributed by atoms with Gasteiger partial charge < -0.3 is 21.3 Å². The fourth-order valence-corrected chi connectivity index (χ4v) is 6.55. The Morgan fingerprint density at radius 3 is 2.53 bits per heavy atom. The first kappa shape index (κ1) is 27.6. The quantitative estimate of drug-likeness (QED) is 0.208. The van der Waals surface area contributed by atoms with E-state index in [2.05, 4.69) is 53.3 Å². The third kappa shape index (κ3) is 5.85. The van der Waals surface area contributed by atoms with Crippen molar-refractivity contribution in [1.82, 2.24) is 40.1 Å². The van der Waals surface area contributed by atoms with Crippen LogP contribution in [0.3, 0.4) is 0 Å². The van der Waals surface area contributed by atoms with Crippen LogP contribution in [-0.4, -0.2) is 61.7 Å².